The van der Waals surface area contributed by atoms with Crippen LogP contribution < -0.4 is 5.32 Å². The molecule has 0 saturated heterocycles. The summed E-state index contributed by atoms with van der Waals surface area (Å²) in [7, 11) is 0. The summed E-state index contributed by atoms with van der Waals surface area (Å²) in [4.78, 5) is 12.5. The molecule has 1 N–H and O–H groups in total. The van der Waals surface area contributed by atoms with Crippen LogP contribution in [0.4, 0.5) is 5.69 Å². The normalized spacial score (nSPS) is 11.1. The molecule has 2 aromatic carbocycles. The lowest BCUT2D eigenvalue weighted by Gasteiger charge is -2.10. The number of hydrogen-bond acceptors (Lipinski definition) is 2. The molecule has 4 nitrogen and oxygen atoms in total. The van der Waals surface area contributed by atoms with Gasteiger partial charge in [0, 0.05) is 22.8 Å². The minimum atomic E-state index is -0.519. The predicted molar refractivity (Wildman–Crippen MR) is 109 cm³/mol. The third kappa shape index (κ3) is 4.22. The molecule has 3 aromatic rings. The molecule has 1 heterocycles. The Morgan fingerprint density at radius 2 is 1.81 bits per heavy atom. The van der Waals surface area contributed by atoms with Crippen LogP contribution in [-0.2, 0) is 4.79 Å². The summed E-state index contributed by atoms with van der Waals surface area (Å²) in [5.41, 5.74) is 3.13. The average molecular weight is 396 g/mol. The van der Waals surface area contributed by atoms with Gasteiger partial charge >= 0.3 is 0 Å². The first kappa shape index (κ1) is 18.8. The lowest BCUT2D eigenvalue weighted by atomic mass is 10.2. The molecule has 0 unspecified atom stereocenters. The molecule has 0 aliphatic heterocycles. The van der Waals surface area contributed by atoms with Gasteiger partial charge < -0.3 is 9.88 Å². The Balaban J connectivity index is 1.92. The van der Waals surface area contributed by atoms with Crippen LogP contribution in [0.15, 0.2) is 66.2 Å². The second-order valence-corrected chi connectivity index (χ2v) is 6.64. The second kappa shape index (κ2) is 8.13. The first-order chi connectivity index (χ1) is 13.0. The number of hydrogen-bond donors (Lipinski definition) is 1. The fraction of sp³-hybridized carbons (Fsp3) is 0.0476. The zero-order chi connectivity index (χ0) is 19.4. The van der Waals surface area contributed by atoms with Crippen LogP contribution in [0.1, 0.15) is 11.4 Å². The Morgan fingerprint density at radius 1 is 1.07 bits per heavy atom. The summed E-state index contributed by atoms with van der Waals surface area (Å²) in [6.45, 7) is 1.96. The Morgan fingerprint density at radius 3 is 2.48 bits per heavy atom. The van der Waals surface area contributed by atoms with Crippen LogP contribution in [0, 0.1) is 18.3 Å². The Bertz CT molecular complexity index is 1060. The molecule has 0 aliphatic carbocycles. The molecule has 0 fully saturated rings. The van der Waals surface area contributed by atoms with E-state index in [1.165, 1.54) is 6.07 Å². The minimum Gasteiger partial charge on any atom is -0.321 e. The van der Waals surface area contributed by atoms with E-state index in [-0.39, 0.29) is 5.57 Å². The van der Waals surface area contributed by atoms with Crippen molar-refractivity contribution in [3.63, 3.8) is 0 Å². The van der Waals surface area contributed by atoms with Crippen molar-refractivity contribution < 1.29 is 4.79 Å². The van der Waals surface area contributed by atoms with Gasteiger partial charge in [0.1, 0.15) is 11.6 Å². The van der Waals surface area contributed by atoms with Gasteiger partial charge in [-0.05, 0) is 55.5 Å². The Labute approximate surface area is 167 Å². The maximum atomic E-state index is 12.5. The largest absolute Gasteiger partial charge is 0.321 e. The molecule has 0 spiro atoms. The van der Waals surface area contributed by atoms with E-state index in [2.05, 4.69) is 5.32 Å². The number of halogens is 2. The van der Waals surface area contributed by atoms with Crippen molar-refractivity contribution in [2.75, 3.05) is 5.32 Å². The van der Waals surface area contributed by atoms with Crippen LogP contribution in [0.25, 0.3) is 11.8 Å². The van der Waals surface area contributed by atoms with Gasteiger partial charge in [-0.1, -0.05) is 41.4 Å². The first-order valence-corrected chi connectivity index (χ1v) is 8.87. The van der Waals surface area contributed by atoms with Crippen molar-refractivity contribution in [2.24, 2.45) is 0 Å². The second-order valence-electron chi connectivity index (χ2n) is 5.82. The Kier molecular flexibility index (Phi) is 5.66. The molecule has 1 amide bonds. The van der Waals surface area contributed by atoms with E-state index in [1.807, 2.05) is 60.0 Å². The molecule has 0 radical (unpaired) electrons. The number of para-hydroxylation sites is 1. The highest BCUT2D eigenvalue weighted by molar-refractivity contribution is 6.42. The van der Waals surface area contributed by atoms with E-state index in [4.69, 9.17) is 23.2 Å². The van der Waals surface area contributed by atoms with E-state index in [0.29, 0.717) is 15.7 Å². The summed E-state index contributed by atoms with van der Waals surface area (Å²) < 4.78 is 1.98. The van der Waals surface area contributed by atoms with E-state index < -0.39 is 5.91 Å². The Hall–Kier alpha value is -3.00. The third-order valence-corrected chi connectivity index (χ3v) is 4.69. The monoisotopic (exact) mass is 395 g/mol. The van der Waals surface area contributed by atoms with Crippen LogP contribution >= 0.6 is 23.2 Å². The number of benzene rings is 2. The quantitative estimate of drug-likeness (QED) is 0.459. The summed E-state index contributed by atoms with van der Waals surface area (Å²) >= 11 is 11.8. The molecular formula is C21H15Cl2N3O. The van der Waals surface area contributed by atoms with E-state index in [1.54, 1.807) is 18.2 Å². The van der Waals surface area contributed by atoms with Crippen molar-refractivity contribution >= 4 is 40.9 Å². The van der Waals surface area contributed by atoms with E-state index >= 15 is 0 Å². The molecule has 0 aliphatic rings. The number of nitrogens with zero attached hydrogens (tertiary/aromatic N) is 2. The lowest BCUT2D eigenvalue weighted by Crippen LogP contribution is -2.13. The molecule has 1 aromatic heterocycles. The van der Waals surface area contributed by atoms with Gasteiger partial charge in [0.15, 0.2) is 0 Å². The fourth-order valence-corrected chi connectivity index (χ4v) is 2.97. The number of carbonyl (C=O) groups is 1. The topological polar surface area (TPSA) is 57.8 Å². The number of carbonyl (C=O) groups excluding carboxylic acids is 1. The zero-order valence-electron chi connectivity index (χ0n) is 14.4. The molecule has 0 saturated carbocycles. The zero-order valence-corrected chi connectivity index (χ0v) is 15.9. The number of nitriles is 1. The predicted octanol–water partition coefficient (Wildman–Crippen LogP) is 5.64. The van der Waals surface area contributed by atoms with Crippen molar-refractivity contribution in [1.29, 1.82) is 5.26 Å². The van der Waals surface area contributed by atoms with Crippen LogP contribution in [0.2, 0.25) is 10.0 Å². The highest BCUT2D eigenvalue weighted by atomic mass is 35.5. The van der Waals surface area contributed by atoms with Gasteiger partial charge in [-0.3, -0.25) is 4.79 Å². The van der Waals surface area contributed by atoms with Gasteiger partial charge in [-0.2, -0.15) is 5.26 Å². The van der Waals surface area contributed by atoms with Crippen molar-refractivity contribution in [3.05, 3.63) is 87.7 Å². The number of anilines is 1. The number of nitrogens with one attached hydrogen (secondary N) is 1. The lowest BCUT2D eigenvalue weighted by molar-refractivity contribution is -0.112. The summed E-state index contributed by atoms with van der Waals surface area (Å²) in [5, 5.41) is 12.8. The van der Waals surface area contributed by atoms with Gasteiger partial charge in [-0.25, -0.2) is 0 Å². The number of aromatic nitrogens is 1. The van der Waals surface area contributed by atoms with Gasteiger partial charge in [0.05, 0.1) is 10.0 Å². The van der Waals surface area contributed by atoms with Gasteiger partial charge in [-0.15, -0.1) is 0 Å². The molecule has 134 valence electrons. The standard InChI is InChI=1S/C21H15Cl2N3O/c1-14-7-9-18(26(14)17-5-3-2-4-6-17)11-15(13-24)21(27)25-16-8-10-19(22)20(23)12-16/h2-12H,1H3,(H,25,27)/b15-11-. The number of aryl methyl sites for hydroxylation is 1. The summed E-state index contributed by atoms with van der Waals surface area (Å²) in [5.74, 6) is -0.519. The molecule has 0 bridgehead atoms. The van der Waals surface area contributed by atoms with Crippen molar-refractivity contribution in [2.45, 2.75) is 6.92 Å². The molecular weight excluding hydrogens is 381 g/mol. The molecule has 6 heteroatoms. The number of rotatable bonds is 4. The third-order valence-electron chi connectivity index (χ3n) is 3.96. The van der Waals surface area contributed by atoms with Crippen molar-refractivity contribution in [1.82, 2.24) is 4.57 Å². The van der Waals surface area contributed by atoms with Crippen LogP contribution in [0.3, 0.4) is 0 Å². The number of amides is 1. The minimum absolute atomic E-state index is 0.0173. The summed E-state index contributed by atoms with van der Waals surface area (Å²) in [6.07, 6.45) is 1.56. The van der Waals surface area contributed by atoms with E-state index in [0.717, 1.165) is 17.1 Å². The van der Waals surface area contributed by atoms with E-state index in [9.17, 15) is 10.1 Å². The van der Waals surface area contributed by atoms with Gasteiger partial charge in [0.25, 0.3) is 5.91 Å². The smallest absolute Gasteiger partial charge is 0.266 e. The molecule has 3 rings (SSSR count). The molecule has 27 heavy (non-hydrogen) atoms. The first-order valence-electron chi connectivity index (χ1n) is 8.11. The van der Waals surface area contributed by atoms with Crippen LogP contribution in [-0.4, -0.2) is 10.5 Å². The maximum Gasteiger partial charge on any atom is 0.266 e. The average Bonchev–Trinajstić information content (AvgIpc) is 3.03. The SMILES string of the molecule is Cc1ccc(/C=C(/C#N)C(=O)Nc2ccc(Cl)c(Cl)c2)n1-c1ccccc1. The van der Waals surface area contributed by atoms with Crippen LogP contribution in [0.5, 0.6) is 0 Å². The van der Waals surface area contributed by atoms with Gasteiger partial charge in [0.2, 0.25) is 0 Å². The maximum absolute atomic E-state index is 12.5. The highest BCUT2D eigenvalue weighted by Gasteiger charge is 2.13. The fourth-order valence-electron chi connectivity index (χ4n) is 2.67. The highest BCUT2D eigenvalue weighted by Crippen LogP contribution is 2.25. The summed E-state index contributed by atoms with van der Waals surface area (Å²) in [6, 6.07) is 20.2. The van der Waals surface area contributed by atoms with Crippen molar-refractivity contribution in [3.8, 4) is 11.8 Å². The molecule has 0 atom stereocenters.